The standard InChI is InChI=1S/C15H14BrNO2/c1-19-14-8-3-2-5-12(14)10-17-15(18)11-6-4-7-13(16)9-11/h2-9H,10H2,1H3,(H,17,18). The number of halogens is 1. The molecule has 0 aliphatic rings. The van der Waals surface area contributed by atoms with Gasteiger partial charge in [0.25, 0.3) is 5.91 Å². The Balaban J connectivity index is 2.04. The lowest BCUT2D eigenvalue weighted by Gasteiger charge is -2.09. The fourth-order valence-electron chi connectivity index (χ4n) is 1.76. The topological polar surface area (TPSA) is 38.3 Å². The Morgan fingerprint density at radius 2 is 2.00 bits per heavy atom. The van der Waals surface area contributed by atoms with E-state index >= 15 is 0 Å². The summed E-state index contributed by atoms with van der Waals surface area (Å²) in [5.74, 6) is 0.671. The first kappa shape index (κ1) is 13.6. The van der Waals surface area contributed by atoms with Gasteiger partial charge in [-0.05, 0) is 24.3 Å². The van der Waals surface area contributed by atoms with E-state index in [1.807, 2.05) is 36.4 Å². The minimum absolute atomic E-state index is 0.104. The predicted molar refractivity (Wildman–Crippen MR) is 78.3 cm³/mol. The number of ether oxygens (including phenoxy) is 1. The van der Waals surface area contributed by atoms with E-state index in [0.717, 1.165) is 15.8 Å². The van der Waals surface area contributed by atoms with Crippen LogP contribution in [0.2, 0.25) is 0 Å². The van der Waals surface area contributed by atoms with Crippen LogP contribution in [0.5, 0.6) is 5.75 Å². The van der Waals surface area contributed by atoms with E-state index in [4.69, 9.17) is 4.74 Å². The summed E-state index contributed by atoms with van der Waals surface area (Å²) in [5.41, 5.74) is 1.58. The van der Waals surface area contributed by atoms with Crippen LogP contribution < -0.4 is 10.1 Å². The highest BCUT2D eigenvalue weighted by atomic mass is 79.9. The van der Waals surface area contributed by atoms with Gasteiger partial charge in [-0.2, -0.15) is 0 Å². The highest BCUT2D eigenvalue weighted by Gasteiger charge is 2.07. The fraction of sp³-hybridized carbons (Fsp3) is 0.133. The van der Waals surface area contributed by atoms with Crippen molar-refractivity contribution in [2.45, 2.75) is 6.54 Å². The quantitative estimate of drug-likeness (QED) is 0.938. The van der Waals surface area contributed by atoms with Crippen LogP contribution in [0.1, 0.15) is 15.9 Å². The highest BCUT2D eigenvalue weighted by molar-refractivity contribution is 9.10. The first-order valence-corrected chi connectivity index (χ1v) is 6.65. The van der Waals surface area contributed by atoms with Crippen LogP contribution in [0.4, 0.5) is 0 Å². The molecular formula is C15H14BrNO2. The van der Waals surface area contributed by atoms with Crippen molar-refractivity contribution in [3.63, 3.8) is 0 Å². The molecule has 19 heavy (non-hydrogen) atoms. The third kappa shape index (κ3) is 3.58. The number of hydrogen-bond donors (Lipinski definition) is 1. The molecule has 1 N–H and O–H groups in total. The van der Waals surface area contributed by atoms with Crippen LogP contribution in [0.15, 0.2) is 53.0 Å². The number of carbonyl (C=O) groups is 1. The summed E-state index contributed by atoms with van der Waals surface area (Å²) in [5, 5.41) is 2.88. The molecule has 0 bridgehead atoms. The van der Waals surface area contributed by atoms with E-state index in [9.17, 15) is 4.79 Å². The summed E-state index contributed by atoms with van der Waals surface area (Å²) < 4.78 is 6.13. The lowest BCUT2D eigenvalue weighted by atomic mass is 10.2. The highest BCUT2D eigenvalue weighted by Crippen LogP contribution is 2.17. The Labute approximate surface area is 120 Å². The summed E-state index contributed by atoms with van der Waals surface area (Å²) >= 11 is 3.35. The van der Waals surface area contributed by atoms with Crippen LogP contribution in [-0.2, 0) is 6.54 Å². The molecule has 1 amide bonds. The molecule has 2 rings (SSSR count). The summed E-state index contributed by atoms with van der Waals surface area (Å²) in [4.78, 5) is 12.0. The number of hydrogen-bond acceptors (Lipinski definition) is 2. The molecule has 0 radical (unpaired) electrons. The van der Waals surface area contributed by atoms with E-state index in [1.165, 1.54) is 0 Å². The monoisotopic (exact) mass is 319 g/mol. The molecule has 2 aromatic rings. The van der Waals surface area contributed by atoms with E-state index in [2.05, 4.69) is 21.2 Å². The molecule has 0 fully saturated rings. The molecule has 0 atom stereocenters. The molecule has 0 unspecified atom stereocenters. The van der Waals surface area contributed by atoms with Crippen LogP contribution in [0.3, 0.4) is 0 Å². The van der Waals surface area contributed by atoms with Crippen LogP contribution in [0, 0.1) is 0 Å². The SMILES string of the molecule is COc1ccccc1CNC(=O)c1cccc(Br)c1. The minimum Gasteiger partial charge on any atom is -0.496 e. The minimum atomic E-state index is -0.104. The normalized spacial score (nSPS) is 10.0. The first-order valence-electron chi connectivity index (χ1n) is 5.86. The second-order valence-corrected chi connectivity index (χ2v) is 4.92. The molecule has 0 aliphatic heterocycles. The number of para-hydroxylation sites is 1. The van der Waals surface area contributed by atoms with E-state index in [-0.39, 0.29) is 5.91 Å². The number of rotatable bonds is 4. The lowest BCUT2D eigenvalue weighted by Crippen LogP contribution is -2.23. The average molecular weight is 320 g/mol. The molecule has 0 saturated heterocycles. The Bertz CT molecular complexity index is 584. The molecule has 0 aliphatic carbocycles. The molecule has 4 heteroatoms. The maximum atomic E-state index is 12.0. The Hall–Kier alpha value is -1.81. The largest absolute Gasteiger partial charge is 0.496 e. The first-order chi connectivity index (χ1) is 9.20. The van der Waals surface area contributed by atoms with Gasteiger partial charge in [0.15, 0.2) is 0 Å². The summed E-state index contributed by atoms with van der Waals surface area (Å²) in [6, 6.07) is 14.9. The van der Waals surface area contributed by atoms with Gasteiger partial charge in [-0.3, -0.25) is 4.79 Å². The Kier molecular flexibility index (Phi) is 4.58. The van der Waals surface area contributed by atoms with Crippen molar-refractivity contribution < 1.29 is 9.53 Å². The zero-order valence-electron chi connectivity index (χ0n) is 10.5. The molecule has 0 aromatic heterocycles. The fourth-order valence-corrected chi connectivity index (χ4v) is 2.16. The van der Waals surface area contributed by atoms with Gasteiger partial charge in [-0.25, -0.2) is 0 Å². The molecule has 2 aromatic carbocycles. The van der Waals surface area contributed by atoms with Crippen molar-refractivity contribution >= 4 is 21.8 Å². The Morgan fingerprint density at radius 3 is 2.74 bits per heavy atom. The lowest BCUT2D eigenvalue weighted by molar-refractivity contribution is 0.0950. The number of nitrogens with one attached hydrogen (secondary N) is 1. The third-order valence-electron chi connectivity index (χ3n) is 2.72. The molecular weight excluding hydrogens is 306 g/mol. The van der Waals surface area contributed by atoms with Crippen LogP contribution in [-0.4, -0.2) is 13.0 Å². The van der Waals surface area contributed by atoms with Crippen molar-refractivity contribution in [1.29, 1.82) is 0 Å². The van der Waals surface area contributed by atoms with E-state index in [1.54, 1.807) is 19.2 Å². The molecule has 0 heterocycles. The van der Waals surface area contributed by atoms with Gasteiger partial charge in [-0.15, -0.1) is 0 Å². The van der Waals surface area contributed by atoms with Crippen molar-refractivity contribution in [3.05, 3.63) is 64.1 Å². The van der Waals surface area contributed by atoms with Gasteiger partial charge in [0.2, 0.25) is 0 Å². The van der Waals surface area contributed by atoms with E-state index < -0.39 is 0 Å². The number of benzene rings is 2. The van der Waals surface area contributed by atoms with Gasteiger partial charge in [-0.1, -0.05) is 40.2 Å². The van der Waals surface area contributed by atoms with Gasteiger partial charge < -0.3 is 10.1 Å². The molecule has 0 saturated carbocycles. The van der Waals surface area contributed by atoms with Gasteiger partial charge in [0.05, 0.1) is 7.11 Å². The second kappa shape index (κ2) is 6.38. The van der Waals surface area contributed by atoms with E-state index in [0.29, 0.717) is 12.1 Å². The van der Waals surface area contributed by atoms with Crippen LogP contribution in [0.25, 0.3) is 0 Å². The summed E-state index contributed by atoms with van der Waals surface area (Å²) in [6.07, 6.45) is 0. The van der Waals surface area contributed by atoms with Crippen molar-refractivity contribution in [2.24, 2.45) is 0 Å². The number of methoxy groups -OCH3 is 1. The summed E-state index contributed by atoms with van der Waals surface area (Å²) in [6.45, 7) is 0.440. The zero-order chi connectivity index (χ0) is 13.7. The molecule has 3 nitrogen and oxygen atoms in total. The van der Waals surface area contributed by atoms with Crippen LogP contribution >= 0.6 is 15.9 Å². The molecule has 98 valence electrons. The molecule has 0 spiro atoms. The smallest absolute Gasteiger partial charge is 0.251 e. The predicted octanol–water partition coefficient (Wildman–Crippen LogP) is 3.39. The third-order valence-corrected chi connectivity index (χ3v) is 3.21. The van der Waals surface area contributed by atoms with Gasteiger partial charge >= 0.3 is 0 Å². The Morgan fingerprint density at radius 1 is 1.21 bits per heavy atom. The number of carbonyl (C=O) groups excluding carboxylic acids is 1. The average Bonchev–Trinajstić information content (AvgIpc) is 2.45. The maximum absolute atomic E-state index is 12.0. The maximum Gasteiger partial charge on any atom is 0.251 e. The van der Waals surface area contributed by atoms with Gasteiger partial charge in [0.1, 0.15) is 5.75 Å². The van der Waals surface area contributed by atoms with Crippen molar-refractivity contribution in [1.82, 2.24) is 5.32 Å². The number of amides is 1. The van der Waals surface area contributed by atoms with Crippen molar-refractivity contribution in [3.8, 4) is 5.75 Å². The second-order valence-electron chi connectivity index (χ2n) is 4.00. The summed E-state index contributed by atoms with van der Waals surface area (Å²) in [7, 11) is 1.62. The van der Waals surface area contributed by atoms with Crippen molar-refractivity contribution in [2.75, 3.05) is 7.11 Å². The zero-order valence-corrected chi connectivity index (χ0v) is 12.1. The van der Waals surface area contributed by atoms with Gasteiger partial charge in [0, 0.05) is 22.1 Å².